The molecule has 1 atom stereocenters. The second-order valence-corrected chi connectivity index (χ2v) is 9.15. The maximum atomic E-state index is 11.6. The number of carbonyl (C=O) groups is 2. The van der Waals surface area contributed by atoms with Gasteiger partial charge in [0.05, 0.1) is 19.8 Å². The Morgan fingerprint density at radius 1 is 0.714 bits per heavy atom. The van der Waals surface area contributed by atoms with E-state index in [0.29, 0.717) is 26.1 Å². The van der Waals surface area contributed by atoms with Crippen molar-refractivity contribution in [2.75, 3.05) is 39.5 Å². The fourth-order valence-corrected chi connectivity index (χ4v) is 3.48. The summed E-state index contributed by atoms with van der Waals surface area (Å²) in [4.78, 5) is 24.1. The number of unbranched alkanes of at least 4 members (excludes halogenated alkanes) is 11. The molecule has 0 aliphatic heterocycles. The fraction of sp³-hybridized carbons (Fsp3) is 0.852. The van der Waals surface area contributed by atoms with E-state index in [1.807, 2.05) is 0 Å². The third-order valence-electron chi connectivity index (χ3n) is 5.87. The number of Topliss-reactive ketones (excluding diaryl/α,β-unsaturated/α-hetero) is 1. The van der Waals surface area contributed by atoms with E-state index >= 15 is 0 Å². The molecule has 0 aliphatic rings. The van der Waals surface area contributed by atoms with Crippen LogP contribution in [0, 0.1) is 0 Å². The summed E-state index contributed by atoms with van der Waals surface area (Å²) in [7, 11) is 0. The minimum absolute atomic E-state index is 0.0694. The third kappa shape index (κ3) is 22.9. The zero-order valence-corrected chi connectivity index (χ0v) is 22.3. The van der Waals surface area contributed by atoms with E-state index in [4.69, 9.17) is 20.4 Å². The zero-order valence-electron chi connectivity index (χ0n) is 22.3. The van der Waals surface area contributed by atoms with Crippen LogP contribution in [0.4, 0.5) is 0 Å². The highest BCUT2D eigenvalue weighted by Gasteiger charge is 2.37. The summed E-state index contributed by atoms with van der Waals surface area (Å²) in [6.45, 7) is 5.05. The predicted molar refractivity (Wildman–Crippen MR) is 140 cm³/mol. The molecule has 0 saturated carbocycles. The maximum Gasteiger partial charge on any atom is 0.343 e. The number of carboxylic acids is 1. The monoisotopic (exact) mass is 503 g/mol. The molecule has 0 fully saturated rings. The Bertz CT molecular complexity index is 509. The number of allylic oxidation sites excluding steroid dienone is 2. The second kappa shape index (κ2) is 25.8. The van der Waals surface area contributed by atoms with Gasteiger partial charge in [0.2, 0.25) is 5.60 Å². The molecule has 5 N–H and O–H groups in total. The van der Waals surface area contributed by atoms with Gasteiger partial charge in [0, 0.05) is 26.1 Å². The van der Waals surface area contributed by atoms with E-state index in [1.54, 1.807) is 4.90 Å². The van der Waals surface area contributed by atoms with Gasteiger partial charge < -0.3 is 25.5 Å². The summed E-state index contributed by atoms with van der Waals surface area (Å²) in [5.74, 6) is -2.07. The molecule has 8 heteroatoms. The molecular weight excluding hydrogens is 450 g/mol. The highest BCUT2D eigenvalue weighted by atomic mass is 16.4. The molecule has 0 bridgehead atoms. The molecule has 0 spiro atoms. The number of aliphatic carboxylic acids is 1. The molecule has 0 saturated heterocycles. The first kappa shape index (κ1) is 35.8. The number of aliphatic hydroxyl groups is 4. The van der Waals surface area contributed by atoms with Crippen molar-refractivity contribution in [2.24, 2.45) is 0 Å². The molecule has 0 aliphatic carbocycles. The maximum absolute atomic E-state index is 11.6. The molecule has 0 aromatic heterocycles. The number of hydrogen-bond donors (Lipinski definition) is 5. The van der Waals surface area contributed by atoms with Gasteiger partial charge in [-0.2, -0.15) is 0 Å². The number of ketones is 1. The first-order valence-electron chi connectivity index (χ1n) is 13.5. The average molecular weight is 504 g/mol. The molecule has 0 amide bonds. The summed E-state index contributed by atoms with van der Waals surface area (Å²) in [6, 6.07) is 0. The topological polar surface area (TPSA) is 139 Å². The average Bonchev–Trinajstić information content (AvgIpc) is 2.82. The molecule has 0 aromatic carbocycles. The Labute approximate surface area is 213 Å². The van der Waals surface area contributed by atoms with Crippen LogP contribution in [0.15, 0.2) is 12.2 Å². The molecule has 1 unspecified atom stereocenters. The minimum Gasteiger partial charge on any atom is -0.479 e. The minimum atomic E-state index is -2.24. The Morgan fingerprint density at radius 2 is 1.11 bits per heavy atom. The van der Waals surface area contributed by atoms with Gasteiger partial charge in [-0.05, 0) is 39.0 Å². The predicted octanol–water partition coefficient (Wildman–Crippen LogP) is 3.69. The van der Waals surface area contributed by atoms with E-state index in [1.165, 1.54) is 44.9 Å². The van der Waals surface area contributed by atoms with Crippen LogP contribution in [0.5, 0.6) is 0 Å². The van der Waals surface area contributed by atoms with Crippen LogP contribution in [0.25, 0.3) is 0 Å². The van der Waals surface area contributed by atoms with Gasteiger partial charge in [0.15, 0.2) is 5.78 Å². The Morgan fingerprint density at radius 3 is 1.51 bits per heavy atom. The van der Waals surface area contributed by atoms with E-state index in [0.717, 1.165) is 39.0 Å². The smallest absolute Gasteiger partial charge is 0.343 e. The number of rotatable bonds is 23. The second-order valence-electron chi connectivity index (χ2n) is 9.15. The summed E-state index contributed by atoms with van der Waals surface area (Å²) < 4.78 is 0. The van der Waals surface area contributed by atoms with E-state index in [9.17, 15) is 14.7 Å². The number of nitrogens with zero attached hydrogens (tertiary/aromatic N) is 1. The molecule has 0 aromatic rings. The Balaban J connectivity index is 0. The largest absolute Gasteiger partial charge is 0.479 e. The molecule has 8 nitrogen and oxygen atoms in total. The summed E-state index contributed by atoms with van der Waals surface area (Å²) in [5.41, 5.74) is -2.24. The Hall–Kier alpha value is -1.32. The number of carboxylic acid groups (broad SMARTS) is 1. The van der Waals surface area contributed by atoms with Crippen LogP contribution in [-0.4, -0.2) is 87.2 Å². The first-order valence-corrected chi connectivity index (χ1v) is 13.5. The molecule has 0 radical (unpaired) electrons. The van der Waals surface area contributed by atoms with Crippen LogP contribution in [0.3, 0.4) is 0 Å². The van der Waals surface area contributed by atoms with Crippen molar-refractivity contribution in [3.05, 3.63) is 12.2 Å². The fourth-order valence-electron chi connectivity index (χ4n) is 3.48. The molecule has 35 heavy (non-hydrogen) atoms. The third-order valence-corrected chi connectivity index (χ3v) is 5.87. The summed E-state index contributed by atoms with van der Waals surface area (Å²) in [5, 5.41) is 43.7. The summed E-state index contributed by atoms with van der Waals surface area (Å²) in [6.07, 6.45) is 20.0. The lowest BCUT2D eigenvalue weighted by atomic mass is 9.96. The number of aliphatic hydroxyl groups excluding tert-OH is 3. The lowest BCUT2D eigenvalue weighted by Gasteiger charge is -2.17. The lowest BCUT2D eigenvalue weighted by Crippen LogP contribution is -2.43. The van der Waals surface area contributed by atoms with Gasteiger partial charge in [0.25, 0.3) is 0 Å². The van der Waals surface area contributed by atoms with Crippen molar-refractivity contribution in [3.63, 3.8) is 0 Å². The highest BCUT2D eigenvalue weighted by molar-refractivity contribution is 6.05. The van der Waals surface area contributed by atoms with Crippen molar-refractivity contribution >= 4 is 11.8 Å². The normalized spacial score (nSPS) is 13.0. The highest BCUT2D eigenvalue weighted by Crippen LogP contribution is 2.14. The first-order chi connectivity index (χ1) is 16.8. The van der Waals surface area contributed by atoms with Gasteiger partial charge in [-0.3, -0.25) is 9.69 Å². The zero-order chi connectivity index (χ0) is 26.8. The standard InChI is InChI=1S/C21H38O4.C6H15NO3/c1-3-4-5-6-7-8-9-10-11-12-13-14-15-16-17-18-19(22)21(2,25)20(23)24;8-4-1-7(2-5-9)3-6-10/h10-11,25H,3-9,12-18H2,1-2H3,(H,23,24);8-10H,1-6H2/b11-10-;. The van der Waals surface area contributed by atoms with E-state index < -0.39 is 17.4 Å². The van der Waals surface area contributed by atoms with Crippen LogP contribution in [-0.2, 0) is 9.59 Å². The van der Waals surface area contributed by atoms with Gasteiger partial charge in [-0.15, -0.1) is 0 Å². The molecular formula is C27H53NO7. The molecule has 208 valence electrons. The van der Waals surface area contributed by atoms with Gasteiger partial charge in [-0.25, -0.2) is 4.79 Å². The quantitative estimate of drug-likeness (QED) is 0.0808. The van der Waals surface area contributed by atoms with Crippen molar-refractivity contribution < 1.29 is 35.1 Å². The van der Waals surface area contributed by atoms with Crippen LogP contribution >= 0.6 is 0 Å². The Kier molecular flexibility index (Phi) is 26.4. The van der Waals surface area contributed by atoms with Gasteiger partial charge >= 0.3 is 5.97 Å². The van der Waals surface area contributed by atoms with Gasteiger partial charge in [-0.1, -0.05) is 70.4 Å². The van der Waals surface area contributed by atoms with Crippen LogP contribution in [0.1, 0.15) is 104 Å². The van der Waals surface area contributed by atoms with Crippen molar-refractivity contribution in [1.82, 2.24) is 4.90 Å². The SMILES string of the molecule is CCCCCCCC/C=C\CCCCCCCC(=O)C(C)(O)C(=O)O.OCCN(CCO)CCO. The van der Waals surface area contributed by atoms with Crippen LogP contribution in [0.2, 0.25) is 0 Å². The van der Waals surface area contributed by atoms with Crippen LogP contribution < -0.4 is 0 Å². The lowest BCUT2D eigenvalue weighted by molar-refractivity contribution is -0.163. The van der Waals surface area contributed by atoms with Crippen molar-refractivity contribution in [3.8, 4) is 0 Å². The number of carbonyl (C=O) groups excluding carboxylic acids is 1. The van der Waals surface area contributed by atoms with Crippen molar-refractivity contribution in [1.29, 1.82) is 0 Å². The van der Waals surface area contributed by atoms with E-state index in [2.05, 4.69) is 19.1 Å². The van der Waals surface area contributed by atoms with Gasteiger partial charge in [0.1, 0.15) is 0 Å². The molecule has 0 heterocycles. The number of hydrogen-bond acceptors (Lipinski definition) is 7. The summed E-state index contributed by atoms with van der Waals surface area (Å²) >= 11 is 0. The van der Waals surface area contributed by atoms with Crippen molar-refractivity contribution in [2.45, 2.75) is 109 Å². The molecule has 0 rings (SSSR count). The van der Waals surface area contributed by atoms with E-state index in [-0.39, 0.29) is 26.2 Å².